The minimum Gasteiger partial charge on any atom is -0.495 e. The molecule has 1 fully saturated rings. The lowest BCUT2D eigenvalue weighted by atomic mass is 10.0. The number of hydrogen-bond acceptors (Lipinski definition) is 6. The van der Waals surface area contributed by atoms with Crippen molar-refractivity contribution in [3.05, 3.63) is 53.1 Å². The normalized spacial score (nSPS) is 14.8. The SMILES string of the molecule is CNS(=O)(=O)c1cc(C(=O)NCc2ccc(N3CCOCC3)cc2C(F)(F)F)ccc1OC. The van der Waals surface area contributed by atoms with Crippen molar-refractivity contribution >= 4 is 21.6 Å². The number of morpholine rings is 1. The van der Waals surface area contributed by atoms with E-state index >= 15 is 0 Å². The first-order chi connectivity index (χ1) is 15.6. The number of rotatable bonds is 7. The fourth-order valence-electron chi connectivity index (χ4n) is 3.42. The molecule has 0 saturated carbocycles. The van der Waals surface area contributed by atoms with Crippen molar-refractivity contribution in [3.63, 3.8) is 0 Å². The van der Waals surface area contributed by atoms with E-state index in [4.69, 9.17) is 9.47 Å². The molecule has 1 aliphatic rings. The molecule has 1 saturated heterocycles. The van der Waals surface area contributed by atoms with Crippen LogP contribution in [0.1, 0.15) is 21.5 Å². The Morgan fingerprint density at radius 2 is 1.85 bits per heavy atom. The number of methoxy groups -OCH3 is 1. The molecule has 0 unspecified atom stereocenters. The van der Waals surface area contributed by atoms with Crippen molar-refractivity contribution in [2.75, 3.05) is 45.4 Å². The van der Waals surface area contributed by atoms with E-state index in [1.807, 2.05) is 4.90 Å². The average molecular weight is 488 g/mol. The maximum Gasteiger partial charge on any atom is 0.416 e. The molecule has 33 heavy (non-hydrogen) atoms. The summed E-state index contributed by atoms with van der Waals surface area (Å²) in [5.74, 6) is -0.699. The summed E-state index contributed by atoms with van der Waals surface area (Å²) >= 11 is 0. The molecule has 2 aromatic carbocycles. The Balaban J connectivity index is 1.83. The van der Waals surface area contributed by atoms with Gasteiger partial charge in [0.25, 0.3) is 5.91 Å². The first-order valence-corrected chi connectivity index (χ1v) is 11.5. The molecule has 2 N–H and O–H groups in total. The lowest BCUT2D eigenvalue weighted by Crippen LogP contribution is -2.36. The number of ether oxygens (including phenoxy) is 2. The summed E-state index contributed by atoms with van der Waals surface area (Å²) in [7, 11) is -1.43. The van der Waals surface area contributed by atoms with Crippen LogP contribution in [0, 0.1) is 0 Å². The van der Waals surface area contributed by atoms with Gasteiger partial charge in [-0.1, -0.05) is 6.07 Å². The van der Waals surface area contributed by atoms with Gasteiger partial charge in [-0.2, -0.15) is 13.2 Å². The van der Waals surface area contributed by atoms with E-state index in [1.54, 1.807) is 6.07 Å². The fourth-order valence-corrected chi connectivity index (χ4v) is 4.33. The molecule has 3 rings (SSSR count). The Morgan fingerprint density at radius 1 is 1.15 bits per heavy atom. The maximum atomic E-state index is 13.7. The van der Waals surface area contributed by atoms with E-state index in [2.05, 4.69) is 10.0 Å². The van der Waals surface area contributed by atoms with Gasteiger partial charge in [0.15, 0.2) is 0 Å². The zero-order valence-corrected chi connectivity index (χ0v) is 18.8. The summed E-state index contributed by atoms with van der Waals surface area (Å²) in [6, 6.07) is 7.71. The molecule has 180 valence electrons. The van der Waals surface area contributed by atoms with Gasteiger partial charge in [-0.3, -0.25) is 4.79 Å². The summed E-state index contributed by atoms with van der Waals surface area (Å²) in [6.07, 6.45) is -4.61. The number of nitrogens with zero attached hydrogens (tertiary/aromatic N) is 1. The van der Waals surface area contributed by atoms with Crippen LogP contribution < -0.4 is 19.7 Å². The topological polar surface area (TPSA) is 97.0 Å². The van der Waals surface area contributed by atoms with Crippen molar-refractivity contribution in [3.8, 4) is 5.75 Å². The molecular weight excluding hydrogens is 463 g/mol. The zero-order chi connectivity index (χ0) is 24.2. The molecule has 8 nitrogen and oxygen atoms in total. The lowest BCUT2D eigenvalue weighted by molar-refractivity contribution is -0.138. The third-order valence-electron chi connectivity index (χ3n) is 5.20. The highest BCUT2D eigenvalue weighted by molar-refractivity contribution is 7.89. The Kier molecular flexibility index (Phi) is 7.50. The molecule has 1 aliphatic heterocycles. The largest absolute Gasteiger partial charge is 0.495 e. The molecule has 0 aromatic heterocycles. The van der Waals surface area contributed by atoms with Crippen LogP contribution in [-0.4, -0.2) is 54.8 Å². The van der Waals surface area contributed by atoms with Gasteiger partial charge in [0, 0.05) is 30.9 Å². The van der Waals surface area contributed by atoms with Crippen molar-refractivity contribution < 1.29 is 35.9 Å². The summed E-state index contributed by atoms with van der Waals surface area (Å²) in [5.41, 5.74) is -0.565. The number of anilines is 1. The number of benzene rings is 2. The van der Waals surface area contributed by atoms with Gasteiger partial charge in [0.2, 0.25) is 10.0 Å². The number of sulfonamides is 1. The van der Waals surface area contributed by atoms with E-state index in [0.717, 1.165) is 12.1 Å². The first-order valence-electron chi connectivity index (χ1n) is 9.99. The van der Waals surface area contributed by atoms with Crippen LogP contribution in [0.15, 0.2) is 41.3 Å². The van der Waals surface area contributed by atoms with Gasteiger partial charge >= 0.3 is 6.18 Å². The average Bonchev–Trinajstić information content (AvgIpc) is 2.82. The van der Waals surface area contributed by atoms with Crippen LogP contribution in [-0.2, 0) is 27.5 Å². The van der Waals surface area contributed by atoms with Gasteiger partial charge in [0.1, 0.15) is 10.6 Å². The van der Waals surface area contributed by atoms with Crippen LogP contribution in [0.5, 0.6) is 5.75 Å². The standard InChI is InChI=1S/C21H24F3N3O5S/c1-25-33(29,30)19-11-14(4-6-18(19)31-2)20(28)26-13-15-3-5-16(12-17(15)21(22,23)24)27-7-9-32-10-8-27/h3-6,11-12,25H,7-10,13H2,1-2H3,(H,26,28). The number of carbonyl (C=O) groups excluding carboxylic acids is 1. The molecule has 1 amide bonds. The minimum atomic E-state index is -4.61. The zero-order valence-electron chi connectivity index (χ0n) is 18.0. The second kappa shape index (κ2) is 9.98. The summed E-state index contributed by atoms with van der Waals surface area (Å²) < 4.78 is 77.9. The Hall–Kier alpha value is -2.83. The lowest BCUT2D eigenvalue weighted by Gasteiger charge is -2.29. The number of amides is 1. The molecule has 0 bridgehead atoms. The smallest absolute Gasteiger partial charge is 0.416 e. The number of carbonyl (C=O) groups is 1. The van der Waals surface area contributed by atoms with E-state index < -0.39 is 34.2 Å². The van der Waals surface area contributed by atoms with Gasteiger partial charge in [-0.15, -0.1) is 0 Å². The molecule has 2 aromatic rings. The van der Waals surface area contributed by atoms with E-state index in [0.29, 0.717) is 32.0 Å². The van der Waals surface area contributed by atoms with Crippen LogP contribution in [0.3, 0.4) is 0 Å². The first kappa shape index (κ1) is 24.8. The van der Waals surface area contributed by atoms with Crippen LogP contribution in [0.2, 0.25) is 0 Å². The Labute approximate surface area is 189 Å². The van der Waals surface area contributed by atoms with Gasteiger partial charge in [0.05, 0.1) is 25.9 Å². The predicted molar refractivity (Wildman–Crippen MR) is 115 cm³/mol. The van der Waals surface area contributed by atoms with Crippen LogP contribution in [0.25, 0.3) is 0 Å². The highest BCUT2D eigenvalue weighted by Crippen LogP contribution is 2.35. The quantitative estimate of drug-likeness (QED) is 0.623. The van der Waals surface area contributed by atoms with Gasteiger partial charge < -0.3 is 19.7 Å². The molecule has 0 aliphatic carbocycles. The fraction of sp³-hybridized carbons (Fsp3) is 0.381. The second-order valence-electron chi connectivity index (χ2n) is 7.19. The monoisotopic (exact) mass is 487 g/mol. The number of alkyl halides is 3. The van der Waals surface area contributed by atoms with Crippen molar-refractivity contribution in [2.24, 2.45) is 0 Å². The molecule has 0 radical (unpaired) electrons. The molecule has 0 spiro atoms. The maximum absolute atomic E-state index is 13.7. The predicted octanol–water partition coefficient (Wildman–Crippen LogP) is 2.39. The number of nitrogens with one attached hydrogen (secondary N) is 2. The summed E-state index contributed by atoms with van der Waals surface area (Å²) in [5, 5.41) is 2.43. The molecule has 1 heterocycles. The molecule has 12 heteroatoms. The van der Waals surface area contributed by atoms with Gasteiger partial charge in [-0.25, -0.2) is 13.1 Å². The van der Waals surface area contributed by atoms with E-state index in [-0.39, 0.29) is 21.8 Å². The minimum absolute atomic E-state index is 0.0268. The van der Waals surface area contributed by atoms with Crippen molar-refractivity contribution in [1.82, 2.24) is 10.0 Å². The Bertz CT molecular complexity index is 1120. The van der Waals surface area contributed by atoms with Crippen molar-refractivity contribution in [1.29, 1.82) is 0 Å². The Morgan fingerprint density at radius 3 is 2.45 bits per heavy atom. The number of hydrogen-bond donors (Lipinski definition) is 2. The van der Waals surface area contributed by atoms with Gasteiger partial charge in [-0.05, 0) is 42.9 Å². The summed E-state index contributed by atoms with van der Waals surface area (Å²) in [6.45, 7) is 1.46. The number of halogens is 3. The highest BCUT2D eigenvalue weighted by atomic mass is 32.2. The summed E-state index contributed by atoms with van der Waals surface area (Å²) in [4.78, 5) is 14.1. The van der Waals surface area contributed by atoms with Crippen LogP contribution in [0.4, 0.5) is 18.9 Å². The van der Waals surface area contributed by atoms with E-state index in [9.17, 15) is 26.4 Å². The van der Waals surface area contributed by atoms with E-state index in [1.165, 1.54) is 32.4 Å². The van der Waals surface area contributed by atoms with Crippen molar-refractivity contribution in [2.45, 2.75) is 17.6 Å². The molecular formula is C21H24F3N3O5S. The third kappa shape index (κ3) is 5.75. The second-order valence-corrected chi connectivity index (χ2v) is 9.05. The van der Waals surface area contributed by atoms with Crippen LogP contribution >= 0.6 is 0 Å². The highest BCUT2D eigenvalue weighted by Gasteiger charge is 2.34. The third-order valence-corrected chi connectivity index (χ3v) is 6.63. The molecule has 0 atom stereocenters.